The second-order valence-electron chi connectivity index (χ2n) is 7.27. The van der Waals surface area contributed by atoms with Crippen molar-refractivity contribution in [3.05, 3.63) is 45.1 Å². The van der Waals surface area contributed by atoms with E-state index in [9.17, 15) is 14.4 Å². The molecule has 3 heterocycles. The van der Waals surface area contributed by atoms with E-state index in [1.54, 1.807) is 43.3 Å². The summed E-state index contributed by atoms with van der Waals surface area (Å²) < 4.78 is 12.8. The van der Waals surface area contributed by atoms with Gasteiger partial charge in [0.2, 0.25) is 5.91 Å². The second kappa shape index (κ2) is 9.13. The van der Waals surface area contributed by atoms with Crippen molar-refractivity contribution in [2.24, 2.45) is 14.1 Å². The van der Waals surface area contributed by atoms with Crippen molar-refractivity contribution in [2.45, 2.75) is 5.03 Å². The summed E-state index contributed by atoms with van der Waals surface area (Å²) in [5, 5.41) is 0.574. The third-order valence-corrected chi connectivity index (χ3v) is 6.27. The van der Waals surface area contributed by atoms with Crippen LogP contribution < -0.4 is 16.0 Å². The van der Waals surface area contributed by atoms with Crippen LogP contribution in [0.2, 0.25) is 0 Å². The van der Waals surface area contributed by atoms with Crippen molar-refractivity contribution in [1.29, 1.82) is 0 Å². The molecule has 1 fully saturated rings. The minimum absolute atomic E-state index is 0.0577. The molecule has 0 radical (unpaired) electrons. The number of carbonyl (C=O) groups excluding carboxylic acids is 1. The fraction of sp³-hybridized carbons (Fsp3) is 0.381. The number of thioether (sulfide) groups is 1. The Hall–Kier alpha value is -3.18. The van der Waals surface area contributed by atoms with Gasteiger partial charge in [0.05, 0.1) is 26.1 Å². The first-order chi connectivity index (χ1) is 15.4. The lowest BCUT2D eigenvalue weighted by Gasteiger charge is -2.26. The molecular weight excluding hydrogens is 434 g/mol. The van der Waals surface area contributed by atoms with Gasteiger partial charge in [-0.15, -0.1) is 0 Å². The number of hydrogen-bond acceptors (Lipinski definition) is 8. The first-order valence-corrected chi connectivity index (χ1v) is 11.0. The largest absolute Gasteiger partial charge is 0.497 e. The standard InChI is InChI=1S/C21H23N5O5S/c1-24-18-16(20(28)25(2)21(24)29)19(32-12-15(27)26-8-10-31-11-9-26)23-17(22-18)13-4-6-14(30-3)7-5-13/h4-7H,8-12H2,1-3H3. The van der Waals surface area contributed by atoms with Gasteiger partial charge >= 0.3 is 5.69 Å². The summed E-state index contributed by atoms with van der Waals surface area (Å²) in [5.74, 6) is 1.09. The van der Waals surface area contributed by atoms with Crippen LogP contribution in [0.3, 0.4) is 0 Å². The van der Waals surface area contributed by atoms with E-state index in [0.717, 1.165) is 4.57 Å². The molecule has 1 aliphatic rings. The van der Waals surface area contributed by atoms with Gasteiger partial charge in [-0.25, -0.2) is 14.8 Å². The number of amides is 1. The van der Waals surface area contributed by atoms with Gasteiger partial charge in [0.25, 0.3) is 5.56 Å². The maximum Gasteiger partial charge on any atom is 0.332 e. The molecule has 3 aromatic rings. The van der Waals surface area contributed by atoms with Crippen LogP contribution in [0.1, 0.15) is 0 Å². The third-order valence-electron chi connectivity index (χ3n) is 5.31. The number of rotatable bonds is 5. The molecule has 0 unspecified atom stereocenters. The molecule has 1 aliphatic heterocycles. The Morgan fingerprint density at radius 3 is 2.44 bits per heavy atom. The number of hydrogen-bond donors (Lipinski definition) is 0. The Kier molecular flexibility index (Phi) is 6.28. The number of benzene rings is 1. The zero-order chi connectivity index (χ0) is 22.8. The molecule has 0 spiro atoms. The quantitative estimate of drug-likeness (QED) is 0.406. The summed E-state index contributed by atoms with van der Waals surface area (Å²) in [6.07, 6.45) is 0. The van der Waals surface area contributed by atoms with Gasteiger partial charge < -0.3 is 14.4 Å². The van der Waals surface area contributed by atoms with Crippen LogP contribution in [0.25, 0.3) is 22.4 Å². The van der Waals surface area contributed by atoms with Crippen LogP contribution in [0.4, 0.5) is 0 Å². The van der Waals surface area contributed by atoms with Crippen molar-refractivity contribution in [1.82, 2.24) is 24.0 Å². The second-order valence-corrected chi connectivity index (χ2v) is 8.23. The maximum atomic E-state index is 12.9. The van der Waals surface area contributed by atoms with Gasteiger partial charge in [0, 0.05) is 32.7 Å². The van der Waals surface area contributed by atoms with Gasteiger partial charge in [-0.05, 0) is 24.3 Å². The van der Waals surface area contributed by atoms with Crippen LogP contribution in [-0.2, 0) is 23.6 Å². The number of morpholine rings is 1. The highest BCUT2D eigenvalue weighted by atomic mass is 32.2. The molecule has 10 nitrogen and oxygen atoms in total. The van der Waals surface area contributed by atoms with Crippen LogP contribution in [0, 0.1) is 0 Å². The Bertz CT molecular complexity index is 1280. The molecule has 1 aromatic carbocycles. The molecule has 4 rings (SSSR count). The minimum Gasteiger partial charge on any atom is -0.497 e. The Labute approximate surface area is 187 Å². The van der Waals surface area contributed by atoms with E-state index in [1.807, 2.05) is 0 Å². The SMILES string of the molecule is COc1ccc(-c2nc(SCC(=O)N3CCOCC3)c3c(=O)n(C)c(=O)n(C)c3n2)cc1. The maximum absolute atomic E-state index is 12.9. The van der Waals surface area contributed by atoms with E-state index in [0.29, 0.717) is 48.5 Å². The van der Waals surface area contributed by atoms with Gasteiger partial charge in [-0.1, -0.05) is 11.8 Å². The number of fused-ring (bicyclic) bond motifs is 1. The van der Waals surface area contributed by atoms with Crippen LogP contribution >= 0.6 is 11.8 Å². The Morgan fingerprint density at radius 2 is 1.78 bits per heavy atom. The summed E-state index contributed by atoms with van der Waals surface area (Å²) in [7, 11) is 4.55. The van der Waals surface area contributed by atoms with Gasteiger partial charge in [-0.3, -0.25) is 18.7 Å². The van der Waals surface area contributed by atoms with E-state index in [-0.39, 0.29) is 22.7 Å². The molecule has 0 N–H and O–H groups in total. The Balaban J connectivity index is 1.80. The lowest BCUT2D eigenvalue weighted by atomic mass is 10.2. The first kappa shape index (κ1) is 22.0. The molecule has 0 bridgehead atoms. The van der Waals surface area contributed by atoms with E-state index < -0.39 is 11.2 Å². The summed E-state index contributed by atoms with van der Waals surface area (Å²) in [6.45, 7) is 2.10. The first-order valence-electron chi connectivity index (χ1n) is 10.0. The number of carbonyl (C=O) groups is 1. The lowest BCUT2D eigenvalue weighted by molar-refractivity contribution is -0.132. The summed E-state index contributed by atoms with van der Waals surface area (Å²) in [4.78, 5) is 48.9. The summed E-state index contributed by atoms with van der Waals surface area (Å²) in [6, 6.07) is 7.15. The Morgan fingerprint density at radius 1 is 1.09 bits per heavy atom. The van der Waals surface area contributed by atoms with Crippen molar-refractivity contribution >= 4 is 28.7 Å². The van der Waals surface area contributed by atoms with Crippen LogP contribution in [0.15, 0.2) is 38.9 Å². The van der Waals surface area contributed by atoms with Crippen molar-refractivity contribution in [3.63, 3.8) is 0 Å². The molecule has 11 heteroatoms. The molecule has 32 heavy (non-hydrogen) atoms. The number of ether oxygens (including phenoxy) is 2. The molecule has 0 saturated carbocycles. The smallest absolute Gasteiger partial charge is 0.332 e. The summed E-state index contributed by atoms with van der Waals surface area (Å²) >= 11 is 1.17. The molecule has 2 aromatic heterocycles. The van der Waals surface area contributed by atoms with E-state index >= 15 is 0 Å². The molecule has 0 aliphatic carbocycles. The van der Waals surface area contributed by atoms with Crippen molar-refractivity contribution in [3.8, 4) is 17.1 Å². The highest BCUT2D eigenvalue weighted by Gasteiger charge is 2.21. The fourth-order valence-electron chi connectivity index (χ4n) is 3.44. The van der Waals surface area contributed by atoms with Gasteiger partial charge in [0.15, 0.2) is 11.5 Å². The fourth-order valence-corrected chi connectivity index (χ4v) is 4.35. The molecule has 1 amide bonds. The molecule has 1 saturated heterocycles. The highest BCUT2D eigenvalue weighted by Crippen LogP contribution is 2.27. The average molecular weight is 458 g/mol. The molecule has 0 atom stereocenters. The minimum atomic E-state index is -0.495. The lowest BCUT2D eigenvalue weighted by Crippen LogP contribution is -2.41. The highest BCUT2D eigenvalue weighted by molar-refractivity contribution is 8.00. The van der Waals surface area contributed by atoms with E-state index in [2.05, 4.69) is 9.97 Å². The number of nitrogens with zero attached hydrogens (tertiary/aromatic N) is 5. The van der Waals surface area contributed by atoms with Crippen LogP contribution in [-0.4, -0.2) is 69.1 Å². The third kappa shape index (κ3) is 4.13. The van der Waals surface area contributed by atoms with E-state index in [1.165, 1.54) is 23.4 Å². The average Bonchev–Trinajstić information content (AvgIpc) is 2.84. The zero-order valence-electron chi connectivity index (χ0n) is 18.0. The zero-order valence-corrected chi connectivity index (χ0v) is 18.8. The number of aromatic nitrogens is 4. The predicted molar refractivity (Wildman–Crippen MR) is 120 cm³/mol. The monoisotopic (exact) mass is 457 g/mol. The van der Waals surface area contributed by atoms with Gasteiger partial charge in [-0.2, -0.15) is 0 Å². The van der Waals surface area contributed by atoms with E-state index in [4.69, 9.17) is 9.47 Å². The van der Waals surface area contributed by atoms with Crippen LogP contribution in [0.5, 0.6) is 5.75 Å². The molecular formula is C21H23N5O5S. The normalized spacial score (nSPS) is 14.0. The van der Waals surface area contributed by atoms with Gasteiger partial charge in [0.1, 0.15) is 16.2 Å². The van der Waals surface area contributed by atoms with Crippen molar-refractivity contribution in [2.75, 3.05) is 39.2 Å². The number of aryl methyl sites for hydroxylation is 1. The topological polar surface area (TPSA) is 109 Å². The predicted octanol–water partition coefficient (Wildman–Crippen LogP) is 0.654. The van der Waals surface area contributed by atoms with Crippen molar-refractivity contribution < 1.29 is 14.3 Å². The molecule has 168 valence electrons. The summed E-state index contributed by atoms with van der Waals surface area (Å²) in [5.41, 5.74) is -0.0599. The number of methoxy groups -OCH3 is 1.